The Morgan fingerprint density at radius 1 is 1.60 bits per heavy atom. The smallest absolute Gasteiger partial charge is 0.312 e. The van der Waals surface area contributed by atoms with Crippen LogP contribution in [-0.2, 0) is 0 Å². The number of nitrogens with two attached hydrogens (primary N) is 1. The normalized spacial score (nSPS) is 9.73. The van der Waals surface area contributed by atoms with Gasteiger partial charge in [-0.25, -0.2) is 14.2 Å². The Kier molecular flexibility index (Phi) is 4.11. The van der Waals surface area contributed by atoms with Crippen LogP contribution in [-0.4, -0.2) is 24.1 Å². The number of carbonyl (C=O) groups is 1. The molecule has 0 aliphatic heterocycles. The molecule has 2 amide bonds. The van der Waals surface area contributed by atoms with Gasteiger partial charge in [-0.15, -0.1) is 0 Å². The summed E-state index contributed by atoms with van der Waals surface area (Å²) in [6, 6.07) is 0.527. The molecule has 1 rings (SSSR count). The number of nitrogens with one attached hydrogen (secondary N) is 2. The molecule has 0 saturated carbocycles. The van der Waals surface area contributed by atoms with Crippen LogP contribution in [0.2, 0.25) is 5.02 Å². The predicted octanol–water partition coefficient (Wildman–Crippen LogP) is 0.954. The molecule has 5 nitrogen and oxygen atoms in total. The van der Waals surface area contributed by atoms with Crippen LogP contribution in [0.4, 0.5) is 15.0 Å². The third kappa shape index (κ3) is 3.99. The lowest BCUT2D eigenvalue weighted by atomic mass is 10.4. The van der Waals surface area contributed by atoms with Gasteiger partial charge in [-0.3, -0.25) is 0 Å². The number of anilines is 1. The van der Waals surface area contributed by atoms with E-state index >= 15 is 0 Å². The first-order valence-electron chi connectivity index (χ1n) is 4.18. The number of urea groups is 1. The highest BCUT2D eigenvalue weighted by atomic mass is 35.5. The fourth-order valence-corrected chi connectivity index (χ4v) is 1.06. The van der Waals surface area contributed by atoms with Gasteiger partial charge in [0.25, 0.3) is 0 Å². The highest BCUT2D eigenvalue weighted by molar-refractivity contribution is 6.30. The largest absolute Gasteiger partial charge is 0.366 e. The molecule has 0 fully saturated rings. The average molecular weight is 233 g/mol. The van der Waals surface area contributed by atoms with Crippen molar-refractivity contribution in [2.24, 2.45) is 5.73 Å². The molecule has 0 aliphatic carbocycles. The molecular formula is C8H10ClFN4O. The van der Waals surface area contributed by atoms with Gasteiger partial charge in [0.05, 0.1) is 5.02 Å². The zero-order chi connectivity index (χ0) is 11.3. The van der Waals surface area contributed by atoms with Crippen molar-refractivity contribution in [1.82, 2.24) is 10.3 Å². The maximum absolute atomic E-state index is 13.1. The number of aromatic nitrogens is 1. The first kappa shape index (κ1) is 11.5. The van der Waals surface area contributed by atoms with Gasteiger partial charge in [0.1, 0.15) is 0 Å². The Morgan fingerprint density at radius 2 is 2.33 bits per heavy atom. The van der Waals surface area contributed by atoms with Gasteiger partial charge < -0.3 is 16.4 Å². The molecule has 1 heterocycles. The minimum atomic E-state index is -0.624. The van der Waals surface area contributed by atoms with E-state index in [9.17, 15) is 9.18 Å². The zero-order valence-electron chi connectivity index (χ0n) is 7.76. The number of halogens is 2. The van der Waals surface area contributed by atoms with Gasteiger partial charge >= 0.3 is 6.03 Å². The van der Waals surface area contributed by atoms with Gasteiger partial charge in [-0.05, 0) is 6.07 Å². The molecule has 1 aromatic rings. The summed E-state index contributed by atoms with van der Waals surface area (Å²) < 4.78 is 13.1. The second-order valence-electron chi connectivity index (χ2n) is 2.70. The number of pyridine rings is 1. The maximum Gasteiger partial charge on any atom is 0.312 e. The van der Waals surface area contributed by atoms with Gasteiger partial charge in [-0.2, -0.15) is 0 Å². The van der Waals surface area contributed by atoms with Crippen LogP contribution in [0.25, 0.3) is 0 Å². The van der Waals surface area contributed by atoms with Crippen molar-refractivity contribution >= 4 is 23.4 Å². The molecule has 1 aromatic heterocycles. The van der Waals surface area contributed by atoms with Crippen LogP contribution in [0.5, 0.6) is 0 Å². The van der Waals surface area contributed by atoms with Crippen molar-refractivity contribution in [3.05, 3.63) is 23.1 Å². The van der Waals surface area contributed by atoms with Crippen LogP contribution in [0.1, 0.15) is 0 Å². The molecule has 7 heteroatoms. The first-order valence-corrected chi connectivity index (χ1v) is 4.55. The van der Waals surface area contributed by atoms with Crippen LogP contribution in [0.15, 0.2) is 12.3 Å². The standard InChI is InChI=1S/C8H10ClFN4O/c9-5-3-6(10)7(14-4-5)12-1-2-13-8(11)15/h3-4H,1-2H2,(H,12,14)(H3,11,13,15). The molecule has 0 aromatic carbocycles. The van der Waals surface area contributed by atoms with E-state index in [4.69, 9.17) is 17.3 Å². The van der Waals surface area contributed by atoms with E-state index in [0.29, 0.717) is 13.1 Å². The first-order chi connectivity index (χ1) is 7.09. The number of hydrogen-bond acceptors (Lipinski definition) is 3. The van der Waals surface area contributed by atoms with E-state index in [1.54, 1.807) is 0 Å². The minimum Gasteiger partial charge on any atom is -0.366 e. The minimum absolute atomic E-state index is 0.0886. The number of amides is 2. The summed E-state index contributed by atoms with van der Waals surface area (Å²) in [4.78, 5) is 14.0. The second kappa shape index (κ2) is 5.35. The summed E-state index contributed by atoms with van der Waals surface area (Å²) in [5, 5.41) is 5.26. The molecule has 0 radical (unpaired) electrons. The second-order valence-corrected chi connectivity index (χ2v) is 3.14. The Bertz CT molecular complexity index is 360. The van der Waals surface area contributed by atoms with Gasteiger partial charge in [0.2, 0.25) is 0 Å². The monoisotopic (exact) mass is 232 g/mol. The van der Waals surface area contributed by atoms with Crippen molar-refractivity contribution in [3.8, 4) is 0 Å². The van der Waals surface area contributed by atoms with E-state index < -0.39 is 11.8 Å². The molecule has 0 saturated heterocycles. The van der Waals surface area contributed by atoms with Crippen LogP contribution in [0.3, 0.4) is 0 Å². The third-order valence-corrected chi connectivity index (χ3v) is 1.73. The summed E-state index contributed by atoms with van der Waals surface area (Å²) in [5.74, 6) is -0.452. The lowest BCUT2D eigenvalue weighted by Gasteiger charge is -2.06. The summed E-state index contributed by atoms with van der Waals surface area (Å²) in [6.07, 6.45) is 1.33. The highest BCUT2D eigenvalue weighted by Gasteiger charge is 2.03. The number of rotatable bonds is 4. The van der Waals surface area contributed by atoms with Gasteiger partial charge in [0.15, 0.2) is 11.6 Å². The van der Waals surface area contributed by atoms with E-state index in [-0.39, 0.29) is 10.8 Å². The number of nitrogens with zero attached hydrogens (tertiary/aromatic N) is 1. The van der Waals surface area contributed by atoms with Crippen molar-refractivity contribution in [2.75, 3.05) is 18.4 Å². The van der Waals surface area contributed by atoms with Crippen molar-refractivity contribution in [2.45, 2.75) is 0 Å². The van der Waals surface area contributed by atoms with Crippen molar-refractivity contribution < 1.29 is 9.18 Å². The maximum atomic E-state index is 13.1. The summed E-state index contributed by atoms with van der Waals surface area (Å²) >= 11 is 5.52. The fourth-order valence-electron chi connectivity index (χ4n) is 0.911. The quantitative estimate of drug-likeness (QED) is 0.677. The van der Waals surface area contributed by atoms with Gasteiger partial charge in [-0.1, -0.05) is 11.6 Å². The predicted molar refractivity (Wildman–Crippen MR) is 55.3 cm³/mol. The SMILES string of the molecule is NC(=O)NCCNc1ncc(Cl)cc1F. The Balaban J connectivity index is 2.40. The molecule has 0 bridgehead atoms. The molecule has 0 spiro atoms. The highest BCUT2D eigenvalue weighted by Crippen LogP contribution is 2.14. The van der Waals surface area contributed by atoms with Crippen LogP contribution in [0, 0.1) is 5.82 Å². The average Bonchev–Trinajstić information content (AvgIpc) is 2.14. The lowest BCUT2D eigenvalue weighted by molar-refractivity contribution is 0.249. The summed E-state index contributed by atoms with van der Waals surface area (Å²) in [6.45, 7) is 0.619. The number of hydrogen-bond donors (Lipinski definition) is 3. The molecule has 15 heavy (non-hydrogen) atoms. The summed E-state index contributed by atoms with van der Waals surface area (Å²) in [7, 11) is 0. The fraction of sp³-hybridized carbons (Fsp3) is 0.250. The number of carbonyl (C=O) groups excluding carboxylic acids is 1. The van der Waals surface area contributed by atoms with E-state index in [1.165, 1.54) is 6.20 Å². The van der Waals surface area contributed by atoms with Crippen LogP contribution < -0.4 is 16.4 Å². The van der Waals surface area contributed by atoms with Crippen LogP contribution >= 0.6 is 11.6 Å². The zero-order valence-corrected chi connectivity index (χ0v) is 8.51. The van der Waals surface area contributed by atoms with Gasteiger partial charge in [0, 0.05) is 19.3 Å². The van der Waals surface area contributed by atoms with E-state index in [1.807, 2.05) is 0 Å². The third-order valence-electron chi connectivity index (χ3n) is 1.52. The summed E-state index contributed by atoms with van der Waals surface area (Å²) in [5.41, 5.74) is 4.84. The Morgan fingerprint density at radius 3 is 2.93 bits per heavy atom. The number of primary amides is 1. The molecule has 0 atom stereocenters. The Hall–Kier alpha value is -1.56. The van der Waals surface area contributed by atoms with E-state index in [2.05, 4.69) is 15.6 Å². The molecule has 0 unspecified atom stereocenters. The topological polar surface area (TPSA) is 80.0 Å². The van der Waals surface area contributed by atoms with E-state index in [0.717, 1.165) is 6.07 Å². The molecule has 4 N–H and O–H groups in total. The Labute approximate surface area is 90.8 Å². The van der Waals surface area contributed by atoms with Crippen molar-refractivity contribution in [1.29, 1.82) is 0 Å². The molecular weight excluding hydrogens is 223 g/mol. The molecule has 82 valence electrons. The molecule has 0 aliphatic rings. The lowest BCUT2D eigenvalue weighted by Crippen LogP contribution is -2.33. The van der Waals surface area contributed by atoms with Crippen molar-refractivity contribution in [3.63, 3.8) is 0 Å².